The zero-order valence-electron chi connectivity index (χ0n) is 18.3. The third-order valence-corrected chi connectivity index (χ3v) is 6.00. The molecular formula is C25H25ClN4O2. The molecule has 0 spiro atoms. The Labute approximate surface area is 191 Å². The van der Waals surface area contributed by atoms with E-state index >= 15 is 0 Å². The number of carbonyl (C=O) groups is 1. The molecule has 0 aliphatic carbocycles. The maximum atomic E-state index is 13.2. The van der Waals surface area contributed by atoms with E-state index in [9.17, 15) is 9.59 Å². The van der Waals surface area contributed by atoms with Crippen LogP contribution in [-0.4, -0.2) is 27.5 Å². The van der Waals surface area contributed by atoms with Crippen LogP contribution in [0.3, 0.4) is 0 Å². The van der Waals surface area contributed by atoms with Crippen molar-refractivity contribution in [1.82, 2.24) is 14.5 Å². The average Bonchev–Trinajstić information content (AvgIpc) is 2.79. The number of hydrogen-bond donors (Lipinski definition) is 1. The van der Waals surface area contributed by atoms with Crippen molar-refractivity contribution in [1.29, 1.82) is 0 Å². The third kappa shape index (κ3) is 3.94. The van der Waals surface area contributed by atoms with E-state index in [0.717, 1.165) is 16.5 Å². The molecule has 6 nitrogen and oxygen atoms in total. The topological polar surface area (TPSA) is 67.2 Å². The molecule has 1 unspecified atom stereocenters. The number of fused-ring (bicyclic) bond motifs is 2. The number of hydrogen-bond acceptors (Lipinski definition) is 3. The molecule has 4 aromatic rings. The van der Waals surface area contributed by atoms with E-state index in [1.807, 2.05) is 56.3 Å². The summed E-state index contributed by atoms with van der Waals surface area (Å²) in [5.74, 6) is 0.547. The van der Waals surface area contributed by atoms with E-state index < -0.39 is 0 Å². The molecule has 0 bridgehead atoms. The lowest BCUT2D eigenvalue weighted by molar-refractivity contribution is 0.198. The minimum absolute atomic E-state index is 0.134. The van der Waals surface area contributed by atoms with Crippen molar-refractivity contribution < 1.29 is 4.79 Å². The minimum atomic E-state index is -0.388. The van der Waals surface area contributed by atoms with Crippen molar-refractivity contribution in [2.45, 2.75) is 32.9 Å². The van der Waals surface area contributed by atoms with E-state index in [-0.39, 0.29) is 17.6 Å². The van der Waals surface area contributed by atoms with Gasteiger partial charge in [-0.05, 0) is 43.0 Å². The highest BCUT2D eigenvalue weighted by atomic mass is 35.5. The van der Waals surface area contributed by atoms with Crippen LogP contribution in [0.2, 0.25) is 5.02 Å². The van der Waals surface area contributed by atoms with E-state index in [4.69, 9.17) is 16.6 Å². The van der Waals surface area contributed by atoms with Crippen LogP contribution in [0, 0.1) is 0 Å². The summed E-state index contributed by atoms with van der Waals surface area (Å²) in [6, 6.07) is 18.1. The minimum Gasteiger partial charge on any atom is -0.317 e. The van der Waals surface area contributed by atoms with Gasteiger partial charge in [0.25, 0.3) is 5.56 Å². The fourth-order valence-electron chi connectivity index (χ4n) is 4.08. The fourth-order valence-corrected chi connectivity index (χ4v) is 4.25. The quantitative estimate of drug-likeness (QED) is 0.417. The summed E-state index contributed by atoms with van der Waals surface area (Å²) < 4.78 is 1.63. The van der Waals surface area contributed by atoms with E-state index in [1.54, 1.807) is 34.7 Å². The Morgan fingerprint density at radius 3 is 2.59 bits per heavy atom. The lowest BCUT2D eigenvalue weighted by Crippen LogP contribution is -2.38. The van der Waals surface area contributed by atoms with E-state index in [1.165, 1.54) is 0 Å². The van der Waals surface area contributed by atoms with E-state index in [2.05, 4.69) is 5.32 Å². The van der Waals surface area contributed by atoms with Gasteiger partial charge in [-0.3, -0.25) is 9.36 Å². The molecule has 0 saturated carbocycles. The fraction of sp³-hybridized carbons (Fsp3) is 0.240. The molecule has 32 heavy (non-hydrogen) atoms. The van der Waals surface area contributed by atoms with Crippen LogP contribution in [0.1, 0.15) is 32.1 Å². The molecule has 1 aromatic heterocycles. The number of aromatic nitrogens is 2. The van der Waals surface area contributed by atoms with Gasteiger partial charge in [-0.25, -0.2) is 9.78 Å². The second-order valence-electron chi connectivity index (χ2n) is 7.67. The molecule has 4 rings (SSSR count). The smallest absolute Gasteiger partial charge is 0.317 e. The van der Waals surface area contributed by atoms with Gasteiger partial charge in [-0.2, -0.15) is 0 Å². The molecule has 3 aromatic carbocycles. The molecule has 0 aliphatic heterocycles. The summed E-state index contributed by atoms with van der Waals surface area (Å²) in [5.41, 5.74) is 1.13. The Hall–Kier alpha value is -3.38. The number of halogens is 1. The van der Waals surface area contributed by atoms with Gasteiger partial charge in [0.1, 0.15) is 5.82 Å². The molecule has 164 valence electrons. The Morgan fingerprint density at radius 2 is 1.84 bits per heavy atom. The number of nitrogens with zero attached hydrogens (tertiary/aromatic N) is 3. The van der Waals surface area contributed by atoms with Gasteiger partial charge in [-0.15, -0.1) is 0 Å². The lowest BCUT2D eigenvalue weighted by Gasteiger charge is -2.29. The first-order chi connectivity index (χ1) is 15.4. The number of urea groups is 1. The van der Waals surface area contributed by atoms with Crippen molar-refractivity contribution in [3.05, 3.63) is 81.9 Å². The summed E-state index contributed by atoms with van der Waals surface area (Å²) in [5, 5.41) is 6.06. The Balaban J connectivity index is 1.72. The van der Waals surface area contributed by atoms with Crippen molar-refractivity contribution >= 4 is 45.0 Å². The monoisotopic (exact) mass is 448 g/mol. The number of carbonyl (C=O) groups excluding carboxylic acids is 1. The van der Waals surface area contributed by atoms with Gasteiger partial charge < -0.3 is 10.2 Å². The first-order valence-corrected chi connectivity index (χ1v) is 11.0. The molecule has 0 radical (unpaired) electrons. The van der Waals surface area contributed by atoms with Crippen LogP contribution in [-0.2, 0) is 6.54 Å². The third-order valence-electron chi connectivity index (χ3n) is 5.77. The van der Waals surface area contributed by atoms with Crippen LogP contribution >= 0.6 is 11.6 Å². The predicted octanol–water partition coefficient (Wildman–Crippen LogP) is 5.84. The number of rotatable bonds is 5. The van der Waals surface area contributed by atoms with Crippen LogP contribution in [0.4, 0.5) is 10.5 Å². The molecule has 1 heterocycles. The Kier molecular flexibility index (Phi) is 6.15. The van der Waals surface area contributed by atoms with Gasteiger partial charge in [0, 0.05) is 24.0 Å². The predicted molar refractivity (Wildman–Crippen MR) is 130 cm³/mol. The molecule has 7 heteroatoms. The van der Waals surface area contributed by atoms with Crippen LogP contribution in [0.5, 0.6) is 0 Å². The number of benzene rings is 3. The Morgan fingerprint density at radius 1 is 1.09 bits per heavy atom. The zero-order chi connectivity index (χ0) is 22.8. The van der Waals surface area contributed by atoms with Crippen molar-refractivity contribution in [2.24, 2.45) is 0 Å². The first-order valence-electron chi connectivity index (χ1n) is 10.7. The normalized spacial score (nSPS) is 12.1. The Bertz CT molecular complexity index is 1360. The first kappa shape index (κ1) is 21.8. The molecule has 0 aliphatic rings. The highest BCUT2D eigenvalue weighted by molar-refractivity contribution is 6.31. The van der Waals surface area contributed by atoms with Gasteiger partial charge in [-0.1, -0.05) is 54.9 Å². The zero-order valence-corrected chi connectivity index (χ0v) is 19.1. The largest absolute Gasteiger partial charge is 0.322 e. The molecule has 0 saturated heterocycles. The number of anilines is 1. The average molecular weight is 449 g/mol. The number of amides is 2. The second-order valence-corrected chi connectivity index (χ2v) is 8.11. The van der Waals surface area contributed by atoms with Crippen LogP contribution < -0.4 is 10.9 Å². The molecule has 0 fully saturated rings. The lowest BCUT2D eigenvalue weighted by atomic mass is 10.1. The SMILES string of the molecule is CCC(c1nc2cc(Cl)ccc2c(=O)n1CC)N(C)C(=O)Nc1cccc2ccccc12. The second kappa shape index (κ2) is 9.01. The molecule has 1 atom stereocenters. The highest BCUT2D eigenvalue weighted by Gasteiger charge is 2.26. The molecular weight excluding hydrogens is 424 g/mol. The van der Waals surface area contributed by atoms with Gasteiger partial charge >= 0.3 is 6.03 Å². The molecule has 2 amide bonds. The highest BCUT2D eigenvalue weighted by Crippen LogP contribution is 2.27. The summed E-state index contributed by atoms with van der Waals surface area (Å²) >= 11 is 6.14. The van der Waals surface area contributed by atoms with Crippen molar-refractivity contribution in [2.75, 3.05) is 12.4 Å². The van der Waals surface area contributed by atoms with Gasteiger partial charge in [0.15, 0.2) is 0 Å². The summed E-state index contributed by atoms with van der Waals surface area (Å²) in [7, 11) is 1.73. The van der Waals surface area contributed by atoms with Crippen LogP contribution in [0.25, 0.3) is 21.7 Å². The standard InChI is InChI=1S/C25H25ClN4O2/c1-4-22(23-27-21-15-17(26)13-14-19(21)24(31)30(23)5-2)29(3)25(32)28-20-12-8-10-16-9-6-7-11-18(16)20/h6-15,22H,4-5H2,1-3H3,(H,28,32). The maximum absolute atomic E-state index is 13.2. The van der Waals surface area contributed by atoms with Crippen molar-refractivity contribution in [3.63, 3.8) is 0 Å². The van der Waals surface area contributed by atoms with Crippen LogP contribution in [0.15, 0.2) is 65.5 Å². The van der Waals surface area contributed by atoms with Gasteiger partial charge in [0.2, 0.25) is 0 Å². The van der Waals surface area contributed by atoms with E-state index in [0.29, 0.717) is 34.7 Å². The maximum Gasteiger partial charge on any atom is 0.322 e. The van der Waals surface area contributed by atoms with Crippen molar-refractivity contribution in [3.8, 4) is 0 Å². The summed E-state index contributed by atoms with van der Waals surface area (Å²) in [6.07, 6.45) is 0.595. The summed E-state index contributed by atoms with van der Waals surface area (Å²) in [4.78, 5) is 32.7. The molecule has 1 N–H and O–H groups in total. The van der Waals surface area contributed by atoms with Gasteiger partial charge in [0.05, 0.1) is 22.6 Å². The number of nitrogens with one attached hydrogen (secondary N) is 1. The summed E-state index contributed by atoms with van der Waals surface area (Å²) in [6.45, 7) is 4.33.